The summed E-state index contributed by atoms with van der Waals surface area (Å²) in [5.74, 6) is 0. The molecule has 1 saturated heterocycles. The van der Waals surface area contributed by atoms with Crippen LogP contribution in [0.25, 0.3) is 0 Å². The van der Waals surface area contributed by atoms with Crippen molar-refractivity contribution in [2.24, 2.45) is 0 Å². The predicted octanol–water partition coefficient (Wildman–Crippen LogP) is 3.06. The van der Waals surface area contributed by atoms with Crippen molar-refractivity contribution >= 4 is 23.0 Å². The van der Waals surface area contributed by atoms with Crippen molar-refractivity contribution in [3.63, 3.8) is 0 Å². The summed E-state index contributed by atoms with van der Waals surface area (Å²) in [4.78, 5) is 2.18. The average molecular weight is 278 g/mol. The molecule has 2 rings (SSSR count). The summed E-state index contributed by atoms with van der Waals surface area (Å²) in [6, 6.07) is 8.43. The number of nitrogens with one attached hydrogen (secondary N) is 1. The van der Waals surface area contributed by atoms with Gasteiger partial charge in [-0.1, -0.05) is 19.1 Å². The summed E-state index contributed by atoms with van der Waals surface area (Å²) >= 11 is 5.48. The predicted molar refractivity (Wildman–Crippen MR) is 83.6 cm³/mol. The number of hydrogen-bond donors (Lipinski definition) is 1. The average Bonchev–Trinajstić information content (AvgIpc) is 2.38. The van der Waals surface area contributed by atoms with Gasteiger partial charge in [-0.2, -0.15) is 0 Å². The lowest BCUT2D eigenvalue weighted by atomic mass is 10.1. The van der Waals surface area contributed by atoms with E-state index in [2.05, 4.69) is 55.3 Å². The lowest BCUT2D eigenvalue weighted by molar-refractivity contribution is -0.0473. The van der Waals surface area contributed by atoms with Gasteiger partial charge in [-0.15, -0.1) is 0 Å². The molecular formula is C15H22N2OS. The molecule has 0 saturated carbocycles. The van der Waals surface area contributed by atoms with Crippen molar-refractivity contribution in [2.75, 3.05) is 18.4 Å². The van der Waals surface area contributed by atoms with Gasteiger partial charge in [-0.05, 0) is 50.2 Å². The van der Waals surface area contributed by atoms with Gasteiger partial charge in [0.1, 0.15) is 0 Å². The van der Waals surface area contributed by atoms with E-state index in [9.17, 15) is 0 Å². The highest BCUT2D eigenvalue weighted by Crippen LogP contribution is 2.14. The highest BCUT2D eigenvalue weighted by Gasteiger charge is 2.23. The Hall–Kier alpha value is -1.13. The van der Waals surface area contributed by atoms with Crippen molar-refractivity contribution in [3.8, 4) is 0 Å². The summed E-state index contributed by atoms with van der Waals surface area (Å²) in [6.45, 7) is 8.03. The van der Waals surface area contributed by atoms with Crippen molar-refractivity contribution in [1.29, 1.82) is 0 Å². The van der Waals surface area contributed by atoms with Crippen LogP contribution in [0, 0.1) is 0 Å². The van der Waals surface area contributed by atoms with Gasteiger partial charge in [-0.3, -0.25) is 0 Å². The van der Waals surface area contributed by atoms with Crippen molar-refractivity contribution in [2.45, 2.75) is 39.4 Å². The Morgan fingerprint density at radius 1 is 1.26 bits per heavy atom. The highest BCUT2D eigenvalue weighted by molar-refractivity contribution is 7.80. The molecule has 1 aliphatic rings. The molecule has 104 valence electrons. The van der Waals surface area contributed by atoms with E-state index in [1.54, 1.807) is 0 Å². The number of hydrogen-bond acceptors (Lipinski definition) is 2. The molecule has 2 unspecified atom stereocenters. The topological polar surface area (TPSA) is 24.5 Å². The van der Waals surface area contributed by atoms with E-state index in [0.717, 1.165) is 30.3 Å². The third-order valence-corrected chi connectivity index (χ3v) is 3.68. The molecule has 2 atom stereocenters. The third kappa shape index (κ3) is 3.91. The quantitative estimate of drug-likeness (QED) is 0.840. The van der Waals surface area contributed by atoms with E-state index in [4.69, 9.17) is 17.0 Å². The molecule has 1 fully saturated rings. The molecule has 0 aromatic heterocycles. The minimum absolute atomic E-state index is 0.228. The van der Waals surface area contributed by atoms with Gasteiger partial charge in [-0.25, -0.2) is 0 Å². The Morgan fingerprint density at radius 3 is 2.37 bits per heavy atom. The summed E-state index contributed by atoms with van der Waals surface area (Å²) < 4.78 is 5.72. The lowest BCUT2D eigenvalue weighted by Gasteiger charge is -2.36. The Bertz CT molecular complexity index is 422. The molecule has 0 radical (unpaired) electrons. The Labute approximate surface area is 120 Å². The van der Waals surface area contributed by atoms with Crippen LogP contribution in [0.5, 0.6) is 0 Å². The summed E-state index contributed by atoms with van der Waals surface area (Å²) in [7, 11) is 0. The first-order chi connectivity index (χ1) is 9.08. The first kappa shape index (κ1) is 14.3. The molecule has 1 aromatic carbocycles. The van der Waals surface area contributed by atoms with Gasteiger partial charge in [0.25, 0.3) is 0 Å². The van der Waals surface area contributed by atoms with Crippen molar-refractivity contribution in [1.82, 2.24) is 4.90 Å². The van der Waals surface area contributed by atoms with Crippen molar-refractivity contribution < 1.29 is 4.74 Å². The standard InChI is InChI=1S/C15H22N2OS/c1-4-13-5-7-14(8-6-13)16-15(19)17-9-11(2)18-12(3)10-17/h5-8,11-12H,4,9-10H2,1-3H3,(H,16,19). The summed E-state index contributed by atoms with van der Waals surface area (Å²) in [5.41, 5.74) is 2.39. The molecule has 3 nitrogen and oxygen atoms in total. The van der Waals surface area contributed by atoms with E-state index >= 15 is 0 Å². The number of benzene rings is 1. The smallest absolute Gasteiger partial charge is 0.173 e. The first-order valence-corrected chi connectivity index (χ1v) is 7.29. The van der Waals surface area contributed by atoms with E-state index in [-0.39, 0.29) is 12.2 Å². The van der Waals surface area contributed by atoms with Crippen LogP contribution in [0.4, 0.5) is 5.69 Å². The molecular weight excluding hydrogens is 256 g/mol. The molecule has 1 aromatic rings. The van der Waals surface area contributed by atoms with E-state index in [1.165, 1.54) is 5.56 Å². The molecule has 1 aliphatic heterocycles. The highest BCUT2D eigenvalue weighted by atomic mass is 32.1. The molecule has 1 heterocycles. The fourth-order valence-corrected chi connectivity index (χ4v) is 2.64. The molecule has 0 bridgehead atoms. The largest absolute Gasteiger partial charge is 0.372 e. The summed E-state index contributed by atoms with van der Waals surface area (Å²) in [6.07, 6.45) is 1.51. The van der Waals surface area contributed by atoms with Crippen LogP contribution in [0.15, 0.2) is 24.3 Å². The van der Waals surface area contributed by atoms with Gasteiger partial charge >= 0.3 is 0 Å². The Morgan fingerprint density at radius 2 is 1.84 bits per heavy atom. The minimum Gasteiger partial charge on any atom is -0.372 e. The number of ether oxygens (including phenoxy) is 1. The lowest BCUT2D eigenvalue weighted by Crippen LogP contribution is -2.49. The van der Waals surface area contributed by atoms with Gasteiger partial charge < -0.3 is 15.0 Å². The number of anilines is 1. The number of rotatable bonds is 2. The Balaban J connectivity index is 1.96. The van der Waals surface area contributed by atoms with Gasteiger partial charge in [0.15, 0.2) is 5.11 Å². The number of thiocarbonyl (C=S) groups is 1. The van der Waals surface area contributed by atoms with Gasteiger partial charge in [0.2, 0.25) is 0 Å². The zero-order chi connectivity index (χ0) is 13.8. The first-order valence-electron chi connectivity index (χ1n) is 6.88. The van der Waals surface area contributed by atoms with Crippen LogP contribution in [-0.2, 0) is 11.2 Å². The fourth-order valence-electron chi connectivity index (χ4n) is 2.37. The maximum Gasteiger partial charge on any atom is 0.173 e. The maximum absolute atomic E-state index is 5.72. The molecule has 4 heteroatoms. The van der Waals surface area contributed by atoms with Crippen LogP contribution in [-0.4, -0.2) is 35.3 Å². The number of nitrogens with zero attached hydrogens (tertiary/aromatic N) is 1. The van der Waals surface area contributed by atoms with Crippen LogP contribution in [0.1, 0.15) is 26.3 Å². The van der Waals surface area contributed by atoms with E-state index < -0.39 is 0 Å². The minimum atomic E-state index is 0.228. The molecule has 0 spiro atoms. The van der Waals surface area contributed by atoms with Crippen LogP contribution in [0.2, 0.25) is 0 Å². The normalized spacial score (nSPS) is 23.2. The second kappa shape index (κ2) is 6.35. The molecule has 0 amide bonds. The van der Waals surface area contributed by atoms with Crippen LogP contribution in [0.3, 0.4) is 0 Å². The molecule has 0 aliphatic carbocycles. The van der Waals surface area contributed by atoms with E-state index in [1.807, 2.05) is 0 Å². The zero-order valence-electron chi connectivity index (χ0n) is 11.8. The second-order valence-electron chi connectivity index (χ2n) is 5.14. The van der Waals surface area contributed by atoms with Crippen molar-refractivity contribution in [3.05, 3.63) is 29.8 Å². The molecule has 19 heavy (non-hydrogen) atoms. The third-order valence-electron chi connectivity index (χ3n) is 3.32. The molecule has 1 N–H and O–H groups in total. The number of morpholine rings is 1. The van der Waals surface area contributed by atoms with Gasteiger partial charge in [0, 0.05) is 18.8 Å². The van der Waals surface area contributed by atoms with E-state index in [0.29, 0.717) is 0 Å². The van der Waals surface area contributed by atoms with Crippen LogP contribution >= 0.6 is 12.2 Å². The van der Waals surface area contributed by atoms with Crippen LogP contribution < -0.4 is 5.32 Å². The number of aryl methyl sites for hydroxylation is 1. The monoisotopic (exact) mass is 278 g/mol. The summed E-state index contributed by atoms with van der Waals surface area (Å²) in [5, 5.41) is 4.09. The van der Waals surface area contributed by atoms with Gasteiger partial charge in [0.05, 0.1) is 12.2 Å². The maximum atomic E-state index is 5.72. The fraction of sp³-hybridized carbons (Fsp3) is 0.533. The zero-order valence-corrected chi connectivity index (χ0v) is 12.7. The Kier molecular flexibility index (Phi) is 4.77. The second-order valence-corrected chi connectivity index (χ2v) is 5.53. The SMILES string of the molecule is CCc1ccc(NC(=S)N2CC(C)OC(C)C2)cc1.